The Morgan fingerprint density at radius 1 is 1.26 bits per heavy atom. The number of nitrogens with zero attached hydrogens (tertiary/aromatic N) is 1. The van der Waals surface area contributed by atoms with Crippen LogP contribution in [0.4, 0.5) is 0 Å². The molecule has 23 heavy (non-hydrogen) atoms. The molecule has 0 unspecified atom stereocenters. The highest BCUT2D eigenvalue weighted by molar-refractivity contribution is 6.42. The lowest BCUT2D eigenvalue weighted by atomic mass is 9.93. The van der Waals surface area contributed by atoms with E-state index >= 15 is 0 Å². The van der Waals surface area contributed by atoms with E-state index in [0.29, 0.717) is 35.5 Å². The topological polar surface area (TPSA) is 32.3 Å². The largest absolute Gasteiger partial charge is 0.339 e. The van der Waals surface area contributed by atoms with Crippen LogP contribution in [0.2, 0.25) is 10.0 Å². The third-order valence-corrected chi connectivity index (χ3v) is 5.06. The molecular formula is C17H25Cl3N2O. The molecule has 1 heterocycles. The Morgan fingerprint density at radius 3 is 2.57 bits per heavy atom. The van der Waals surface area contributed by atoms with Crippen molar-refractivity contribution in [3.8, 4) is 0 Å². The third kappa shape index (κ3) is 6.50. The van der Waals surface area contributed by atoms with Gasteiger partial charge >= 0.3 is 0 Å². The van der Waals surface area contributed by atoms with E-state index in [9.17, 15) is 4.79 Å². The Morgan fingerprint density at radius 2 is 1.96 bits per heavy atom. The first kappa shape index (κ1) is 20.6. The number of piperidine rings is 1. The number of halogens is 3. The average molecular weight is 380 g/mol. The highest BCUT2D eigenvalue weighted by atomic mass is 35.5. The maximum Gasteiger partial charge on any atom is 0.222 e. The first-order valence-electron chi connectivity index (χ1n) is 8.02. The van der Waals surface area contributed by atoms with Crippen molar-refractivity contribution >= 4 is 41.5 Å². The van der Waals surface area contributed by atoms with Gasteiger partial charge in [0.05, 0.1) is 10.0 Å². The molecular weight excluding hydrogens is 355 g/mol. The Labute approximate surface area is 155 Å². The van der Waals surface area contributed by atoms with Crippen molar-refractivity contribution in [3.63, 3.8) is 0 Å². The molecule has 1 amide bonds. The minimum Gasteiger partial charge on any atom is -0.339 e. The van der Waals surface area contributed by atoms with Crippen LogP contribution >= 0.6 is 35.6 Å². The lowest BCUT2D eigenvalue weighted by Gasteiger charge is -2.25. The fraction of sp³-hybridized carbons (Fsp3) is 0.588. The van der Waals surface area contributed by atoms with Crippen molar-refractivity contribution < 1.29 is 4.79 Å². The van der Waals surface area contributed by atoms with Gasteiger partial charge in [0, 0.05) is 19.5 Å². The van der Waals surface area contributed by atoms with Crippen LogP contribution in [0.5, 0.6) is 0 Å². The summed E-state index contributed by atoms with van der Waals surface area (Å²) in [5, 5.41) is 4.45. The molecule has 1 aliphatic heterocycles. The monoisotopic (exact) mass is 378 g/mol. The number of benzene rings is 1. The van der Waals surface area contributed by atoms with Crippen LogP contribution in [-0.2, 0) is 11.3 Å². The maximum absolute atomic E-state index is 12.4. The summed E-state index contributed by atoms with van der Waals surface area (Å²) >= 11 is 12.0. The van der Waals surface area contributed by atoms with Crippen LogP contribution in [0.15, 0.2) is 18.2 Å². The number of hydrogen-bond donors (Lipinski definition) is 1. The molecule has 0 atom stereocenters. The summed E-state index contributed by atoms with van der Waals surface area (Å²) in [6.07, 6.45) is 4.01. The predicted octanol–water partition coefficient (Wildman–Crippen LogP) is 4.54. The molecule has 0 saturated carbocycles. The highest BCUT2D eigenvalue weighted by Crippen LogP contribution is 2.24. The van der Waals surface area contributed by atoms with Crippen molar-refractivity contribution in [1.82, 2.24) is 10.2 Å². The second-order valence-corrected chi connectivity index (χ2v) is 6.70. The van der Waals surface area contributed by atoms with Gasteiger partial charge in [-0.1, -0.05) is 29.3 Å². The van der Waals surface area contributed by atoms with E-state index in [1.165, 1.54) is 12.8 Å². The molecule has 1 saturated heterocycles. The van der Waals surface area contributed by atoms with Crippen LogP contribution in [0, 0.1) is 5.92 Å². The van der Waals surface area contributed by atoms with Gasteiger partial charge in [0.15, 0.2) is 0 Å². The van der Waals surface area contributed by atoms with Crippen LogP contribution in [0.1, 0.15) is 38.2 Å². The number of carbonyl (C=O) groups is 1. The molecule has 0 aliphatic carbocycles. The predicted molar refractivity (Wildman–Crippen MR) is 99.6 cm³/mol. The van der Waals surface area contributed by atoms with Gasteiger partial charge in [-0.3, -0.25) is 4.79 Å². The Hall–Kier alpha value is -0.480. The highest BCUT2D eigenvalue weighted by Gasteiger charge is 2.17. The van der Waals surface area contributed by atoms with Crippen molar-refractivity contribution in [2.24, 2.45) is 5.92 Å². The summed E-state index contributed by atoms with van der Waals surface area (Å²) < 4.78 is 0. The average Bonchev–Trinajstić information content (AvgIpc) is 2.54. The van der Waals surface area contributed by atoms with Gasteiger partial charge in [-0.05, 0) is 62.9 Å². The molecule has 6 heteroatoms. The zero-order valence-corrected chi connectivity index (χ0v) is 15.8. The van der Waals surface area contributed by atoms with Crippen LogP contribution in [-0.4, -0.2) is 30.4 Å². The molecule has 2 rings (SSSR count). The molecule has 0 aromatic heterocycles. The minimum absolute atomic E-state index is 0. The Balaban J connectivity index is 0.00000264. The Kier molecular flexibility index (Phi) is 9.30. The molecule has 1 aromatic rings. The molecule has 1 aromatic carbocycles. The first-order valence-corrected chi connectivity index (χ1v) is 8.78. The van der Waals surface area contributed by atoms with E-state index in [1.807, 2.05) is 24.0 Å². The van der Waals surface area contributed by atoms with Crippen molar-refractivity contribution in [3.05, 3.63) is 33.8 Å². The van der Waals surface area contributed by atoms with Crippen LogP contribution in [0.25, 0.3) is 0 Å². The van der Waals surface area contributed by atoms with Gasteiger partial charge in [-0.15, -0.1) is 12.4 Å². The number of hydrogen-bond acceptors (Lipinski definition) is 2. The molecule has 0 spiro atoms. The van der Waals surface area contributed by atoms with Gasteiger partial charge in [0.25, 0.3) is 0 Å². The molecule has 0 bridgehead atoms. The summed E-state index contributed by atoms with van der Waals surface area (Å²) in [6.45, 7) is 5.49. The zero-order chi connectivity index (χ0) is 15.9. The quantitative estimate of drug-likeness (QED) is 0.786. The van der Waals surface area contributed by atoms with Crippen molar-refractivity contribution in [1.29, 1.82) is 0 Å². The maximum atomic E-state index is 12.4. The standard InChI is InChI=1S/C17H24Cl2N2O.ClH/c1-2-21(12-14-3-5-15(18)16(19)11-14)17(22)6-4-13-7-9-20-10-8-13;/h3,5,11,13,20H,2,4,6-10,12H2,1H3;1H. The fourth-order valence-electron chi connectivity index (χ4n) is 2.89. The van der Waals surface area contributed by atoms with Gasteiger partial charge in [0.2, 0.25) is 5.91 Å². The van der Waals surface area contributed by atoms with Gasteiger partial charge in [-0.25, -0.2) is 0 Å². The molecule has 1 aliphatic rings. The SMILES string of the molecule is CCN(Cc1ccc(Cl)c(Cl)c1)C(=O)CCC1CCNCC1.Cl. The van der Waals surface area contributed by atoms with Crippen LogP contribution < -0.4 is 5.32 Å². The smallest absolute Gasteiger partial charge is 0.222 e. The zero-order valence-electron chi connectivity index (χ0n) is 13.5. The fourth-order valence-corrected chi connectivity index (χ4v) is 3.21. The third-order valence-electron chi connectivity index (χ3n) is 4.32. The van der Waals surface area contributed by atoms with E-state index in [4.69, 9.17) is 23.2 Å². The summed E-state index contributed by atoms with van der Waals surface area (Å²) in [5.74, 6) is 0.918. The van der Waals surface area contributed by atoms with E-state index in [1.54, 1.807) is 6.07 Å². The number of nitrogens with one attached hydrogen (secondary N) is 1. The lowest BCUT2D eigenvalue weighted by molar-refractivity contribution is -0.132. The molecule has 1 fully saturated rings. The van der Waals surface area contributed by atoms with E-state index < -0.39 is 0 Å². The van der Waals surface area contributed by atoms with E-state index in [2.05, 4.69) is 5.32 Å². The van der Waals surface area contributed by atoms with Crippen molar-refractivity contribution in [2.75, 3.05) is 19.6 Å². The molecule has 130 valence electrons. The molecule has 1 N–H and O–H groups in total. The summed E-state index contributed by atoms with van der Waals surface area (Å²) in [7, 11) is 0. The van der Waals surface area contributed by atoms with Gasteiger partial charge in [-0.2, -0.15) is 0 Å². The number of rotatable bonds is 6. The summed E-state index contributed by atoms with van der Waals surface area (Å²) in [6, 6.07) is 5.55. The van der Waals surface area contributed by atoms with Crippen LogP contribution in [0.3, 0.4) is 0 Å². The van der Waals surface area contributed by atoms with E-state index in [-0.39, 0.29) is 18.3 Å². The second kappa shape index (κ2) is 10.4. The second-order valence-electron chi connectivity index (χ2n) is 5.89. The normalized spacial score (nSPS) is 15.1. The lowest BCUT2D eigenvalue weighted by Crippen LogP contribution is -2.32. The summed E-state index contributed by atoms with van der Waals surface area (Å²) in [5.41, 5.74) is 1.02. The number of amides is 1. The first-order chi connectivity index (χ1) is 10.6. The minimum atomic E-state index is 0. The Bertz CT molecular complexity index is 505. The van der Waals surface area contributed by atoms with E-state index in [0.717, 1.165) is 25.1 Å². The van der Waals surface area contributed by atoms with Gasteiger partial charge in [0.1, 0.15) is 0 Å². The molecule has 0 radical (unpaired) electrons. The molecule has 3 nitrogen and oxygen atoms in total. The van der Waals surface area contributed by atoms with Gasteiger partial charge < -0.3 is 10.2 Å². The van der Waals surface area contributed by atoms with Crippen molar-refractivity contribution in [2.45, 2.75) is 39.2 Å². The number of carbonyl (C=O) groups excluding carboxylic acids is 1. The summed E-state index contributed by atoms with van der Waals surface area (Å²) in [4.78, 5) is 14.3.